The molecule has 0 saturated carbocycles. The van der Waals surface area contributed by atoms with Crippen LogP contribution in [0.2, 0.25) is 0 Å². The molecule has 2 aliphatic rings. The van der Waals surface area contributed by atoms with Gasteiger partial charge >= 0.3 is 0 Å². The second-order valence-electron chi connectivity index (χ2n) is 7.78. The quantitative estimate of drug-likeness (QED) is 0.683. The summed E-state index contributed by atoms with van der Waals surface area (Å²) in [4.78, 5) is 16.7. The molecule has 1 aromatic rings. The molecule has 0 bridgehead atoms. The van der Waals surface area contributed by atoms with Gasteiger partial charge in [-0.05, 0) is 37.4 Å². The van der Waals surface area contributed by atoms with Crippen molar-refractivity contribution in [3.63, 3.8) is 0 Å². The summed E-state index contributed by atoms with van der Waals surface area (Å²) >= 11 is 0. The van der Waals surface area contributed by atoms with E-state index in [0.29, 0.717) is 31.3 Å². The fraction of sp³-hybridized carbons (Fsp3) is 0.650. The van der Waals surface area contributed by atoms with Crippen molar-refractivity contribution in [2.45, 2.75) is 24.7 Å². The van der Waals surface area contributed by atoms with Crippen molar-refractivity contribution in [3.8, 4) is 11.5 Å². The molecule has 0 spiro atoms. The van der Waals surface area contributed by atoms with Gasteiger partial charge in [-0.15, -0.1) is 0 Å². The molecule has 0 unspecified atom stereocenters. The Hall–Kier alpha value is -1.84. The van der Waals surface area contributed by atoms with Crippen molar-refractivity contribution >= 4 is 15.9 Å². The summed E-state index contributed by atoms with van der Waals surface area (Å²) in [6.07, 6.45) is 2.35. The molecular weight excluding hydrogens is 394 g/mol. The second kappa shape index (κ2) is 9.32. The van der Waals surface area contributed by atoms with Crippen LogP contribution in [-0.2, 0) is 14.8 Å². The summed E-state index contributed by atoms with van der Waals surface area (Å²) in [5, 5.41) is 0. The number of hydrogen-bond donors (Lipinski definition) is 0. The molecule has 2 fully saturated rings. The van der Waals surface area contributed by atoms with Crippen molar-refractivity contribution in [3.05, 3.63) is 18.2 Å². The summed E-state index contributed by atoms with van der Waals surface area (Å²) in [5.41, 5.74) is 0. The Morgan fingerprint density at radius 3 is 2.45 bits per heavy atom. The van der Waals surface area contributed by atoms with E-state index in [-0.39, 0.29) is 29.6 Å². The van der Waals surface area contributed by atoms with Crippen molar-refractivity contribution in [2.75, 3.05) is 60.0 Å². The average molecular weight is 426 g/mol. The highest BCUT2D eigenvalue weighted by atomic mass is 32.2. The molecule has 2 aliphatic heterocycles. The molecule has 29 heavy (non-hydrogen) atoms. The van der Waals surface area contributed by atoms with Gasteiger partial charge in [0.1, 0.15) is 16.4 Å². The molecule has 2 heterocycles. The molecule has 0 aliphatic carbocycles. The lowest BCUT2D eigenvalue weighted by Crippen LogP contribution is -2.53. The molecule has 0 aromatic heterocycles. The molecule has 1 amide bonds. The van der Waals surface area contributed by atoms with E-state index in [1.165, 1.54) is 31.0 Å². The van der Waals surface area contributed by atoms with Gasteiger partial charge in [0.05, 0.1) is 20.8 Å². The Balaban J connectivity index is 1.63. The van der Waals surface area contributed by atoms with Crippen molar-refractivity contribution in [2.24, 2.45) is 5.92 Å². The fourth-order valence-electron chi connectivity index (χ4n) is 4.02. The first-order chi connectivity index (χ1) is 13.8. The number of methoxy groups -OCH3 is 2. The van der Waals surface area contributed by atoms with Gasteiger partial charge in [-0.2, -0.15) is 4.31 Å². The van der Waals surface area contributed by atoms with E-state index in [4.69, 9.17) is 9.47 Å². The van der Waals surface area contributed by atoms with Crippen LogP contribution in [0.4, 0.5) is 0 Å². The average Bonchev–Trinajstić information content (AvgIpc) is 2.73. The fourth-order valence-corrected chi connectivity index (χ4v) is 5.62. The topological polar surface area (TPSA) is 79.4 Å². The smallest absolute Gasteiger partial charge is 0.247 e. The SMILES string of the molecule is COc1ccc(OC)c(S(=O)(=O)N2CCN(C(=O)CN3CCC[C@@H](C)C3)CC2)c1. The number of rotatable bonds is 6. The van der Waals surface area contributed by atoms with Crippen molar-refractivity contribution in [1.82, 2.24) is 14.1 Å². The van der Waals surface area contributed by atoms with Crippen molar-refractivity contribution in [1.29, 1.82) is 0 Å². The van der Waals surface area contributed by atoms with E-state index in [1.54, 1.807) is 17.0 Å². The van der Waals surface area contributed by atoms with Crippen LogP contribution >= 0.6 is 0 Å². The molecule has 9 heteroatoms. The Morgan fingerprint density at radius 1 is 1.10 bits per heavy atom. The van der Waals surface area contributed by atoms with E-state index >= 15 is 0 Å². The predicted octanol–water partition coefficient (Wildman–Crippen LogP) is 1.27. The maximum atomic E-state index is 13.1. The van der Waals surface area contributed by atoms with Gasteiger partial charge < -0.3 is 14.4 Å². The van der Waals surface area contributed by atoms with E-state index in [0.717, 1.165) is 19.5 Å². The van der Waals surface area contributed by atoms with Gasteiger partial charge in [0.2, 0.25) is 15.9 Å². The summed E-state index contributed by atoms with van der Waals surface area (Å²) in [6.45, 7) is 5.88. The van der Waals surface area contributed by atoms with Crippen LogP contribution in [0.25, 0.3) is 0 Å². The molecule has 3 rings (SSSR count). The van der Waals surface area contributed by atoms with Crippen LogP contribution in [0.1, 0.15) is 19.8 Å². The maximum Gasteiger partial charge on any atom is 0.247 e. The van der Waals surface area contributed by atoms with Gasteiger partial charge in [0.15, 0.2) is 0 Å². The minimum Gasteiger partial charge on any atom is -0.497 e. The molecular formula is C20H31N3O5S. The van der Waals surface area contributed by atoms with Gasteiger partial charge in [-0.3, -0.25) is 9.69 Å². The lowest BCUT2D eigenvalue weighted by molar-refractivity contribution is -0.134. The number of nitrogens with zero attached hydrogens (tertiary/aromatic N) is 3. The highest BCUT2D eigenvalue weighted by molar-refractivity contribution is 7.89. The minimum absolute atomic E-state index is 0.0788. The number of likely N-dealkylation sites (tertiary alicyclic amines) is 1. The first kappa shape index (κ1) is 21.9. The number of piperazine rings is 1. The normalized spacial score (nSPS) is 21.8. The number of carbonyl (C=O) groups excluding carboxylic acids is 1. The van der Waals surface area contributed by atoms with Crippen LogP contribution in [0.5, 0.6) is 11.5 Å². The van der Waals surface area contributed by atoms with Gasteiger partial charge in [0.25, 0.3) is 0 Å². The van der Waals surface area contributed by atoms with E-state index in [9.17, 15) is 13.2 Å². The number of carbonyl (C=O) groups is 1. The largest absolute Gasteiger partial charge is 0.497 e. The first-order valence-electron chi connectivity index (χ1n) is 10.1. The maximum absolute atomic E-state index is 13.1. The molecule has 1 aromatic carbocycles. The monoisotopic (exact) mass is 425 g/mol. The van der Waals surface area contributed by atoms with Gasteiger partial charge in [0, 0.05) is 38.8 Å². The Labute approximate surface area is 173 Å². The summed E-state index contributed by atoms with van der Waals surface area (Å²) < 4.78 is 38.1. The summed E-state index contributed by atoms with van der Waals surface area (Å²) in [6, 6.07) is 4.73. The Kier molecular flexibility index (Phi) is 7.02. The zero-order valence-corrected chi connectivity index (χ0v) is 18.3. The molecule has 162 valence electrons. The van der Waals surface area contributed by atoms with E-state index < -0.39 is 10.0 Å². The minimum atomic E-state index is -3.74. The molecule has 0 N–H and O–H groups in total. The number of amides is 1. The molecule has 1 atom stereocenters. The Bertz CT molecular complexity index is 821. The van der Waals surface area contributed by atoms with Crippen LogP contribution in [0.3, 0.4) is 0 Å². The van der Waals surface area contributed by atoms with Crippen molar-refractivity contribution < 1.29 is 22.7 Å². The van der Waals surface area contributed by atoms with Crippen LogP contribution < -0.4 is 9.47 Å². The molecule has 2 saturated heterocycles. The summed E-state index contributed by atoms with van der Waals surface area (Å²) in [7, 11) is -0.806. The number of hydrogen-bond acceptors (Lipinski definition) is 6. The zero-order chi connectivity index (χ0) is 21.0. The third kappa shape index (κ3) is 5.02. The predicted molar refractivity (Wildman–Crippen MR) is 110 cm³/mol. The lowest BCUT2D eigenvalue weighted by Gasteiger charge is -2.36. The standard InChI is InChI=1S/C20H31N3O5S/c1-16-5-4-8-21(14-16)15-20(24)22-9-11-23(12-10-22)29(25,26)19-13-17(27-2)6-7-18(19)28-3/h6-7,13,16H,4-5,8-12,14-15H2,1-3H3/t16-/m1/s1. The molecule has 0 radical (unpaired) electrons. The number of piperidine rings is 1. The third-order valence-electron chi connectivity index (χ3n) is 5.68. The summed E-state index contributed by atoms with van der Waals surface area (Å²) in [5.74, 6) is 1.43. The van der Waals surface area contributed by atoms with Gasteiger partial charge in [-0.1, -0.05) is 6.92 Å². The second-order valence-corrected chi connectivity index (χ2v) is 9.69. The number of ether oxygens (including phenoxy) is 2. The number of sulfonamides is 1. The van der Waals surface area contributed by atoms with Crippen LogP contribution in [-0.4, -0.2) is 88.5 Å². The molecule has 8 nitrogen and oxygen atoms in total. The highest BCUT2D eigenvalue weighted by Crippen LogP contribution is 2.31. The van der Waals surface area contributed by atoms with Crippen LogP contribution in [0, 0.1) is 5.92 Å². The van der Waals surface area contributed by atoms with Gasteiger partial charge in [-0.25, -0.2) is 8.42 Å². The van der Waals surface area contributed by atoms with E-state index in [1.807, 2.05) is 0 Å². The first-order valence-corrected chi connectivity index (χ1v) is 11.5. The van der Waals surface area contributed by atoms with Crippen LogP contribution in [0.15, 0.2) is 23.1 Å². The van der Waals surface area contributed by atoms with E-state index in [2.05, 4.69) is 11.8 Å². The third-order valence-corrected chi connectivity index (χ3v) is 7.60. The zero-order valence-electron chi connectivity index (χ0n) is 17.5. The number of benzene rings is 1. The highest BCUT2D eigenvalue weighted by Gasteiger charge is 2.33. The Morgan fingerprint density at radius 2 is 1.83 bits per heavy atom. The lowest BCUT2D eigenvalue weighted by atomic mass is 10.0.